The van der Waals surface area contributed by atoms with E-state index in [0.717, 1.165) is 23.2 Å². The number of ether oxygens (including phenoxy) is 1. The zero-order valence-electron chi connectivity index (χ0n) is 14.8. The van der Waals surface area contributed by atoms with E-state index in [2.05, 4.69) is 10.1 Å². The summed E-state index contributed by atoms with van der Waals surface area (Å²) in [5, 5.41) is 4.70. The summed E-state index contributed by atoms with van der Waals surface area (Å²) < 4.78 is 10.6. The molecule has 1 aliphatic rings. The normalized spacial score (nSPS) is 12.9. The maximum absolute atomic E-state index is 12.6. The molecule has 1 aromatic heterocycles. The fourth-order valence-electron chi connectivity index (χ4n) is 3.27. The highest BCUT2D eigenvalue weighted by molar-refractivity contribution is 6.30. The van der Waals surface area contributed by atoms with Gasteiger partial charge < -0.3 is 14.2 Å². The van der Waals surface area contributed by atoms with Crippen LogP contribution >= 0.6 is 11.6 Å². The number of benzene rings is 2. The van der Waals surface area contributed by atoms with Crippen LogP contribution in [-0.4, -0.2) is 29.7 Å². The molecule has 0 unspecified atom stereocenters. The molecule has 0 atom stereocenters. The molecular formula is C20H18ClN3O3. The maximum atomic E-state index is 12.6. The Labute approximate surface area is 161 Å². The van der Waals surface area contributed by atoms with Crippen LogP contribution in [0.2, 0.25) is 5.02 Å². The molecule has 0 bridgehead atoms. The average molecular weight is 384 g/mol. The molecule has 7 heteroatoms. The van der Waals surface area contributed by atoms with Crippen LogP contribution in [0.1, 0.15) is 17.9 Å². The number of carbonyl (C=O) groups excluding carboxylic acids is 1. The summed E-state index contributed by atoms with van der Waals surface area (Å²) in [6.45, 7) is 0.671. The van der Waals surface area contributed by atoms with Crippen LogP contribution in [0.3, 0.4) is 0 Å². The van der Waals surface area contributed by atoms with Crippen LogP contribution in [0.4, 0.5) is 5.69 Å². The number of anilines is 1. The van der Waals surface area contributed by atoms with Crippen molar-refractivity contribution >= 4 is 23.2 Å². The second-order valence-corrected chi connectivity index (χ2v) is 6.72. The Balaban J connectivity index is 1.43. The van der Waals surface area contributed by atoms with E-state index in [-0.39, 0.29) is 5.91 Å². The van der Waals surface area contributed by atoms with Crippen molar-refractivity contribution in [3.8, 4) is 17.1 Å². The third kappa shape index (κ3) is 3.53. The van der Waals surface area contributed by atoms with E-state index in [0.29, 0.717) is 41.9 Å². The molecule has 0 radical (unpaired) electrons. The topological polar surface area (TPSA) is 68.5 Å². The van der Waals surface area contributed by atoms with Gasteiger partial charge in [0.15, 0.2) is 0 Å². The Morgan fingerprint density at radius 1 is 1.30 bits per heavy atom. The Kier molecular flexibility index (Phi) is 4.81. The number of hydrogen-bond donors (Lipinski definition) is 0. The number of amides is 1. The summed E-state index contributed by atoms with van der Waals surface area (Å²) in [6.07, 6.45) is 1.51. The van der Waals surface area contributed by atoms with Crippen molar-refractivity contribution in [1.29, 1.82) is 0 Å². The van der Waals surface area contributed by atoms with E-state index in [9.17, 15) is 4.79 Å². The molecule has 0 spiro atoms. The van der Waals surface area contributed by atoms with Gasteiger partial charge in [-0.15, -0.1) is 0 Å². The lowest BCUT2D eigenvalue weighted by Crippen LogP contribution is -2.29. The predicted octanol–water partition coefficient (Wildman–Crippen LogP) is 3.92. The number of hydrogen-bond acceptors (Lipinski definition) is 5. The number of carbonyl (C=O) groups is 1. The molecule has 2 aromatic carbocycles. The molecule has 27 heavy (non-hydrogen) atoms. The largest absolute Gasteiger partial charge is 0.496 e. The SMILES string of the molecule is COc1ccccc1-c1noc(CCC(=O)N2CCc3cc(Cl)ccc32)n1. The lowest BCUT2D eigenvalue weighted by molar-refractivity contribution is -0.118. The Hall–Kier alpha value is -2.86. The molecule has 138 valence electrons. The molecule has 0 fully saturated rings. The number of aromatic nitrogens is 2. The minimum atomic E-state index is 0.0353. The predicted molar refractivity (Wildman–Crippen MR) is 102 cm³/mol. The third-order valence-corrected chi connectivity index (χ3v) is 4.84. The fourth-order valence-corrected chi connectivity index (χ4v) is 3.47. The smallest absolute Gasteiger partial charge is 0.227 e. The van der Waals surface area contributed by atoms with E-state index in [1.165, 1.54) is 0 Å². The number of para-hydroxylation sites is 1. The molecule has 0 saturated heterocycles. The van der Waals surface area contributed by atoms with Gasteiger partial charge in [-0.05, 0) is 42.3 Å². The van der Waals surface area contributed by atoms with E-state index < -0.39 is 0 Å². The lowest BCUT2D eigenvalue weighted by atomic mass is 10.2. The van der Waals surface area contributed by atoms with Gasteiger partial charge in [-0.2, -0.15) is 4.98 Å². The number of nitrogens with zero attached hydrogens (tertiary/aromatic N) is 3. The molecular weight excluding hydrogens is 366 g/mol. The van der Waals surface area contributed by atoms with Gasteiger partial charge in [0.1, 0.15) is 5.75 Å². The Morgan fingerprint density at radius 2 is 2.15 bits per heavy atom. The molecule has 6 nitrogen and oxygen atoms in total. The number of aryl methyl sites for hydroxylation is 1. The standard InChI is InChI=1S/C20H18ClN3O3/c1-26-17-5-3-2-4-15(17)20-22-18(27-23-20)8-9-19(25)24-11-10-13-12-14(21)6-7-16(13)24/h2-7,12H,8-11H2,1H3. The maximum Gasteiger partial charge on any atom is 0.227 e. The quantitative estimate of drug-likeness (QED) is 0.668. The van der Waals surface area contributed by atoms with E-state index >= 15 is 0 Å². The van der Waals surface area contributed by atoms with Crippen LogP contribution in [0, 0.1) is 0 Å². The highest BCUT2D eigenvalue weighted by Gasteiger charge is 2.25. The van der Waals surface area contributed by atoms with Gasteiger partial charge >= 0.3 is 0 Å². The van der Waals surface area contributed by atoms with E-state index in [4.69, 9.17) is 20.9 Å². The fraction of sp³-hybridized carbons (Fsp3) is 0.250. The monoisotopic (exact) mass is 383 g/mol. The van der Waals surface area contributed by atoms with Crippen LogP contribution in [0.25, 0.3) is 11.4 Å². The summed E-state index contributed by atoms with van der Waals surface area (Å²) in [5.41, 5.74) is 2.79. The molecule has 1 amide bonds. The van der Waals surface area contributed by atoms with E-state index in [1.807, 2.05) is 42.5 Å². The van der Waals surface area contributed by atoms with Gasteiger partial charge in [-0.1, -0.05) is 28.9 Å². The first-order valence-corrected chi connectivity index (χ1v) is 9.08. The number of halogens is 1. The summed E-state index contributed by atoms with van der Waals surface area (Å²) in [7, 11) is 1.60. The number of fused-ring (bicyclic) bond motifs is 1. The first-order chi connectivity index (χ1) is 13.2. The summed E-state index contributed by atoms with van der Waals surface area (Å²) in [5.74, 6) is 1.59. The number of methoxy groups -OCH3 is 1. The molecule has 0 N–H and O–H groups in total. The van der Waals surface area contributed by atoms with Crippen LogP contribution in [0.15, 0.2) is 47.0 Å². The highest BCUT2D eigenvalue weighted by atomic mass is 35.5. The minimum Gasteiger partial charge on any atom is -0.496 e. The van der Waals surface area contributed by atoms with Crippen molar-refractivity contribution in [2.75, 3.05) is 18.6 Å². The van der Waals surface area contributed by atoms with Crippen molar-refractivity contribution < 1.29 is 14.1 Å². The first kappa shape index (κ1) is 17.5. The minimum absolute atomic E-state index is 0.0353. The molecule has 0 aliphatic carbocycles. The Morgan fingerprint density at radius 3 is 3.00 bits per heavy atom. The molecule has 0 saturated carbocycles. The van der Waals surface area contributed by atoms with Crippen LogP contribution in [0.5, 0.6) is 5.75 Å². The average Bonchev–Trinajstić information content (AvgIpc) is 3.32. The zero-order chi connectivity index (χ0) is 18.8. The highest BCUT2D eigenvalue weighted by Crippen LogP contribution is 2.31. The third-order valence-electron chi connectivity index (χ3n) is 4.61. The van der Waals surface area contributed by atoms with Crippen molar-refractivity contribution in [3.63, 3.8) is 0 Å². The van der Waals surface area contributed by atoms with Gasteiger partial charge in [-0.25, -0.2) is 0 Å². The van der Waals surface area contributed by atoms with Gasteiger partial charge in [0.2, 0.25) is 17.6 Å². The zero-order valence-corrected chi connectivity index (χ0v) is 15.6. The molecule has 3 aromatic rings. The van der Waals surface area contributed by atoms with Crippen molar-refractivity contribution in [2.24, 2.45) is 0 Å². The molecule has 1 aliphatic heterocycles. The van der Waals surface area contributed by atoms with Crippen LogP contribution < -0.4 is 9.64 Å². The van der Waals surface area contributed by atoms with E-state index in [1.54, 1.807) is 12.0 Å². The summed E-state index contributed by atoms with van der Waals surface area (Å²) in [6, 6.07) is 13.1. The number of rotatable bonds is 5. The van der Waals surface area contributed by atoms with Crippen LogP contribution in [-0.2, 0) is 17.6 Å². The van der Waals surface area contributed by atoms with Crippen molar-refractivity contribution in [3.05, 3.63) is 58.9 Å². The second-order valence-electron chi connectivity index (χ2n) is 6.28. The lowest BCUT2D eigenvalue weighted by Gasteiger charge is -2.16. The van der Waals surface area contributed by atoms with Crippen molar-refractivity contribution in [1.82, 2.24) is 10.1 Å². The van der Waals surface area contributed by atoms with Gasteiger partial charge in [0.25, 0.3) is 0 Å². The summed E-state index contributed by atoms with van der Waals surface area (Å²) >= 11 is 6.03. The second kappa shape index (κ2) is 7.40. The molecule has 4 rings (SSSR count). The van der Waals surface area contributed by atoms with Gasteiger partial charge in [-0.3, -0.25) is 4.79 Å². The van der Waals surface area contributed by atoms with Gasteiger partial charge in [0.05, 0.1) is 12.7 Å². The first-order valence-electron chi connectivity index (χ1n) is 8.70. The molecule has 2 heterocycles. The summed E-state index contributed by atoms with van der Waals surface area (Å²) in [4.78, 5) is 18.8. The Bertz CT molecular complexity index is 986. The van der Waals surface area contributed by atoms with Gasteiger partial charge in [0, 0.05) is 30.1 Å². The van der Waals surface area contributed by atoms with Crippen molar-refractivity contribution in [2.45, 2.75) is 19.3 Å².